The lowest BCUT2D eigenvalue weighted by atomic mass is 9.89. The first-order chi connectivity index (χ1) is 10.0. The minimum atomic E-state index is -0.533. The predicted octanol–water partition coefficient (Wildman–Crippen LogP) is 2.54. The van der Waals surface area contributed by atoms with E-state index in [9.17, 15) is 10.1 Å². The molecule has 0 aromatic carbocycles. The second-order valence-electron chi connectivity index (χ2n) is 4.80. The first kappa shape index (κ1) is 13.5. The number of nitrogens with two attached hydrogens (primary N) is 1. The maximum atomic E-state index is 12.2. The lowest BCUT2D eigenvalue weighted by Gasteiger charge is -2.24. The van der Waals surface area contributed by atoms with Crippen LogP contribution in [-0.2, 0) is 0 Å². The fourth-order valence-electron chi connectivity index (χ4n) is 2.41. The number of rotatable bonds is 1. The van der Waals surface area contributed by atoms with Gasteiger partial charge >= 0.3 is 5.63 Å². The van der Waals surface area contributed by atoms with Gasteiger partial charge in [0, 0.05) is 15.8 Å². The van der Waals surface area contributed by atoms with E-state index in [1.807, 2.05) is 25.1 Å². The highest BCUT2D eigenvalue weighted by Gasteiger charge is 2.34. The van der Waals surface area contributed by atoms with E-state index in [0.29, 0.717) is 17.1 Å². The predicted molar refractivity (Wildman–Crippen MR) is 78.1 cm³/mol. The highest BCUT2D eigenvalue weighted by atomic mass is 32.1. The fourth-order valence-corrected chi connectivity index (χ4v) is 3.41. The van der Waals surface area contributed by atoms with Crippen LogP contribution in [0.5, 0.6) is 5.75 Å². The molecule has 0 spiro atoms. The molecule has 1 aliphatic rings. The minimum absolute atomic E-state index is 0.0334. The normalized spacial score (nSPS) is 17.1. The molecule has 2 N–H and O–H groups in total. The van der Waals surface area contributed by atoms with Crippen LogP contribution in [-0.4, -0.2) is 0 Å². The van der Waals surface area contributed by atoms with Crippen molar-refractivity contribution >= 4 is 11.3 Å². The first-order valence-electron chi connectivity index (χ1n) is 6.30. The number of fused-ring (bicyclic) bond motifs is 1. The zero-order chi connectivity index (χ0) is 15.1. The van der Waals surface area contributed by atoms with Gasteiger partial charge in [-0.05, 0) is 26.0 Å². The van der Waals surface area contributed by atoms with Crippen molar-refractivity contribution in [2.45, 2.75) is 19.8 Å². The molecule has 0 saturated carbocycles. The Labute approximate surface area is 124 Å². The Morgan fingerprint density at radius 1 is 1.38 bits per heavy atom. The summed E-state index contributed by atoms with van der Waals surface area (Å²) in [5.74, 6) is 0.296. The van der Waals surface area contributed by atoms with Crippen molar-refractivity contribution in [2.24, 2.45) is 5.73 Å². The zero-order valence-electron chi connectivity index (χ0n) is 11.5. The van der Waals surface area contributed by atoms with Gasteiger partial charge in [0.05, 0.1) is 11.5 Å². The molecule has 106 valence electrons. The quantitative estimate of drug-likeness (QED) is 0.874. The summed E-state index contributed by atoms with van der Waals surface area (Å²) in [6.07, 6.45) is 0. The molecule has 0 amide bonds. The van der Waals surface area contributed by atoms with E-state index < -0.39 is 11.5 Å². The Balaban J connectivity index is 2.31. The Morgan fingerprint density at radius 3 is 2.76 bits per heavy atom. The third kappa shape index (κ3) is 2.12. The molecular formula is C15H12N2O3S. The van der Waals surface area contributed by atoms with Crippen LogP contribution in [0.4, 0.5) is 0 Å². The van der Waals surface area contributed by atoms with E-state index in [2.05, 4.69) is 0 Å². The molecule has 2 aromatic heterocycles. The van der Waals surface area contributed by atoms with Gasteiger partial charge in [-0.3, -0.25) is 0 Å². The molecule has 0 radical (unpaired) electrons. The average molecular weight is 300 g/mol. The number of hydrogen-bond donors (Lipinski definition) is 1. The van der Waals surface area contributed by atoms with Crippen LogP contribution in [0, 0.1) is 25.2 Å². The van der Waals surface area contributed by atoms with Crippen molar-refractivity contribution in [2.75, 3.05) is 0 Å². The van der Waals surface area contributed by atoms with Crippen molar-refractivity contribution in [1.29, 1.82) is 5.26 Å². The second kappa shape index (κ2) is 4.79. The van der Waals surface area contributed by atoms with E-state index in [-0.39, 0.29) is 11.5 Å². The molecule has 0 fully saturated rings. The molecule has 0 bridgehead atoms. The summed E-state index contributed by atoms with van der Waals surface area (Å²) in [6, 6.07) is 7.50. The van der Waals surface area contributed by atoms with E-state index >= 15 is 0 Å². The number of thiophene rings is 1. The minimum Gasteiger partial charge on any atom is -0.440 e. The van der Waals surface area contributed by atoms with Crippen LogP contribution >= 0.6 is 11.3 Å². The van der Waals surface area contributed by atoms with Crippen LogP contribution < -0.4 is 16.1 Å². The maximum absolute atomic E-state index is 12.2. The molecule has 0 aliphatic carbocycles. The number of ether oxygens (including phenoxy) is 1. The Morgan fingerprint density at radius 2 is 2.14 bits per heavy atom. The van der Waals surface area contributed by atoms with E-state index in [4.69, 9.17) is 14.9 Å². The number of nitrogens with zero attached hydrogens (tertiary/aromatic N) is 1. The third-order valence-corrected chi connectivity index (χ3v) is 4.37. The van der Waals surface area contributed by atoms with E-state index in [1.165, 1.54) is 11.3 Å². The van der Waals surface area contributed by atoms with Gasteiger partial charge in [0.1, 0.15) is 23.2 Å². The summed E-state index contributed by atoms with van der Waals surface area (Å²) in [4.78, 5) is 14.2. The standard InChI is InChI=1S/C15H12N2O3S/c1-7-5-10-13(15(18)19-7)12(9(6-16)14(17)20-10)11-4-3-8(2)21-11/h3-5,12H,17H2,1-2H3. The van der Waals surface area contributed by atoms with Crippen molar-refractivity contribution in [3.05, 3.63) is 61.2 Å². The topological polar surface area (TPSA) is 89.2 Å². The van der Waals surface area contributed by atoms with Gasteiger partial charge < -0.3 is 14.9 Å². The van der Waals surface area contributed by atoms with E-state index in [1.54, 1.807) is 13.0 Å². The molecule has 21 heavy (non-hydrogen) atoms. The maximum Gasteiger partial charge on any atom is 0.343 e. The summed E-state index contributed by atoms with van der Waals surface area (Å²) in [6.45, 7) is 3.63. The molecular weight excluding hydrogens is 288 g/mol. The SMILES string of the molecule is Cc1cc2c(c(=O)o1)C(c1ccc(C)s1)C(C#N)=C(N)O2. The summed E-state index contributed by atoms with van der Waals surface area (Å²) >= 11 is 1.51. The number of nitriles is 1. The number of hydrogen-bond acceptors (Lipinski definition) is 6. The lowest BCUT2D eigenvalue weighted by molar-refractivity contribution is 0.372. The molecule has 2 aromatic rings. The van der Waals surface area contributed by atoms with Crippen molar-refractivity contribution in [3.8, 4) is 11.8 Å². The van der Waals surface area contributed by atoms with Crippen LogP contribution in [0.2, 0.25) is 0 Å². The van der Waals surface area contributed by atoms with Gasteiger partial charge in [0.2, 0.25) is 5.88 Å². The van der Waals surface area contributed by atoms with Crippen molar-refractivity contribution in [3.63, 3.8) is 0 Å². The monoisotopic (exact) mass is 300 g/mol. The van der Waals surface area contributed by atoms with Gasteiger partial charge in [-0.25, -0.2) is 4.79 Å². The fraction of sp³-hybridized carbons (Fsp3) is 0.200. The molecule has 1 unspecified atom stereocenters. The molecule has 1 aliphatic heterocycles. The van der Waals surface area contributed by atoms with Crippen LogP contribution in [0.15, 0.2) is 38.9 Å². The van der Waals surface area contributed by atoms with Crippen LogP contribution in [0.1, 0.15) is 27.0 Å². The molecule has 6 heteroatoms. The van der Waals surface area contributed by atoms with Gasteiger partial charge in [0.25, 0.3) is 0 Å². The van der Waals surface area contributed by atoms with E-state index in [0.717, 1.165) is 9.75 Å². The summed E-state index contributed by atoms with van der Waals surface area (Å²) in [5.41, 5.74) is 5.91. The summed E-state index contributed by atoms with van der Waals surface area (Å²) in [7, 11) is 0. The van der Waals surface area contributed by atoms with Crippen molar-refractivity contribution in [1.82, 2.24) is 0 Å². The average Bonchev–Trinajstić information content (AvgIpc) is 2.83. The molecule has 3 rings (SSSR count). The Kier molecular flexibility index (Phi) is 3.07. The Bertz CT molecular complexity index is 855. The Hall–Kier alpha value is -2.52. The molecule has 5 nitrogen and oxygen atoms in total. The largest absolute Gasteiger partial charge is 0.440 e. The van der Waals surface area contributed by atoms with Crippen LogP contribution in [0.3, 0.4) is 0 Å². The molecule has 1 atom stereocenters. The highest BCUT2D eigenvalue weighted by Crippen LogP contribution is 2.42. The smallest absolute Gasteiger partial charge is 0.343 e. The number of aryl methyl sites for hydroxylation is 2. The van der Waals surface area contributed by atoms with Crippen molar-refractivity contribution < 1.29 is 9.15 Å². The number of allylic oxidation sites excluding steroid dienone is 1. The van der Waals surface area contributed by atoms with Gasteiger partial charge in [-0.15, -0.1) is 11.3 Å². The highest BCUT2D eigenvalue weighted by molar-refractivity contribution is 7.12. The van der Waals surface area contributed by atoms with Gasteiger partial charge in [0.15, 0.2) is 0 Å². The lowest BCUT2D eigenvalue weighted by Crippen LogP contribution is -2.25. The second-order valence-corrected chi connectivity index (χ2v) is 6.12. The third-order valence-electron chi connectivity index (χ3n) is 3.30. The summed E-state index contributed by atoms with van der Waals surface area (Å²) in [5, 5.41) is 9.38. The zero-order valence-corrected chi connectivity index (χ0v) is 12.3. The van der Waals surface area contributed by atoms with Gasteiger partial charge in [-0.2, -0.15) is 5.26 Å². The molecule has 3 heterocycles. The van der Waals surface area contributed by atoms with Gasteiger partial charge in [-0.1, -0.05) is 0 Å². The first-order valence-corrected chi connectivity index (χ1v) is 7.11. The molecule has 0 saturated heterocycles. The van der Waals surface area contributed by atoms with Crippen LogP contribution in [0.25, 0.3) is 0 Å². The summed E-state index contributed by atoms with van der Waals surface area (Å²) < 4.78 is 10.6.